The molecular weight excluding hydrogens is 364 g/mol. The number of hydrogen-bond donors (Lipinski definition) is 2. The lowest BCUT2D eigenvalue weighted by atomic mass is 10.1. The molecule has 1 aromatic rings. The Labute approximate surface area is 165 Å². The molecule has 3 rings (SSSR count). The van der Waals surface area contributed by atoms with Gasteiger partial charge in [0.05, 0.1) is 44.1 Å². The molecular formula is C19H30N4O5. The fourth-order valence-corrected chi connectivity index (χ4v) is 3.81. The van der Waals surface area contributed by atoms with Gasteiger partial charge >= 0.3 is 0 Å². The van der Waals surface area contributed by atoms with Crippen LogP contribution in [0.15, 0.2) is 10.6 Å². The van der Waals surface area contributed by atoms with Gasteiger partial charge in [0.25, 0.3) is 0 Å². The topological polar surface area (TPSA) is 108 Å². The number of ether oxygens (including phenoxy) is 1. The molecule has 2 N–H and O–H groups in total. The smallest absolute Gasteiger partial charge is 0.234 e. The fraction of sp³-hybridized carbons (Fsp3) is 0.737. The van der Waals surface area contributed by atoms with E-state index < -0.39 is 12.1 Å². The maximum Gasteiger partial charge on any atom is 0.234 e. The molecule has 1 saturated carbocycles. The molecule has 9 heteroatoms. The molecule has 0 bridgehead atoms. The van der Waals surface area contributed by atoms with Crippen LogP contribution < -0.4 is 5.32 Å². The van der Waals surface area contributed by atoms with Crippen molar-refractivity contribution in [2.24, 2.45) is 5.92 Å². The Balaban J connectivity index is 1.47. The molecule has 2 aliphatic rings. The molecule has 1 saturated heterocycles. The van der Waals surface area contributed by atoms with E-state index in [-0.39, 0.29) is 24.3 Å². The quantitative estimate of drug-likeness (QED) is 0.658. The van der Waals surface area contributed by atoms with E-state index in [0.29, 0.717) is 38.4 Å². The second-order valence-electron chi connectivity index (χ2n) is 7.63. The molecule has 2 fully saturated rings. The van der Waals surface area contributed by atoms with Crippen molar-refractivity contribution in [3.8, 4) is 0 Å². The van der Waals surface area contributed by atoms with Gasteiger partial charge in [0.15, 0.2) is 5.76 Å². The molecule has 1 aliphatic carbocycles. The predicted molar refractivity (Wildman–Crippen MR) is 100 cm³/mol. The molecule has 0 aromatic carbocycles. The highest BCUT2D eigenvalue weighted by Crippen LogP contribution is 2.28. The summed E-state index contributed by atoms with van der Waals surface area (Å²) in [6, 6.07) is 1.45. The zero-order chi connectivity index (χ0) is 20.1. The Morgan fingerprint density at radius 1 is 1.36 bits per heavy atom. The molecule has 2 heterocycles. The van der Waals surface area contributed by atoms with E-state index in [1.807, 2.05) is 17.9 Å². The molecule has 0 radical (unpaired) electrons. The number of nitrogens with zero attached hydrogens (tertiary/aromatic N) is 3. The lowest BCUT2D eigenvalue weighted by molar-refractivity contribution is -0.135. The van der Waals surface area contributed by atoms with Crippen LogP contribution in [0, 0.1) is 5.92 Å². The molecule has 1 aliphatic heterocycles. The number of aryl methyl sites for hydroxylation is 1. The van der Waals surface area contributed by atoms with E-state index in [1.54, 1.807) is 11.9 Å². The number of carbonyl (C=O) groups excluding carboxylic acids is 2. The summed E-state index contributed by atoms with van der Waals surface area (Å²) >= 11 is 0. The summed E-state index contributed by atoms with van der Waals surface area (Å²) in [6.07, 6.45) is 0.854. The van der Waals surface area contributed by atoms with Crippen LogP contribution in [0.1, 0.15) is 31.2 Å². The molecule has 156 valence electrons. The SMILES string of the molecule is CCc1cc(CN(C)C(=O)[C@H]2C[C@H](NC(=O)CN3CCOCC3)[C@@H](O)C2)on1. The minimum atomic E-state index is -0.715. The second kappa shape index (κ2) is 9.49. The summed E-state index contributed by atoms with van der Waals surface area (Å²) in [6.45, 7) is 5.34. The van der Waals surface area contributed by atoms with Crippen LogP contribution in [-0.2, 0) is 27.3 Å². The van der Waals surface area contributed by atoms with Gasteiger partial charge in [0, 0.05) is 32.1 Å². The van der Waals surface area contributed by atoms with Crippen molar-refractivity contribution in [3.63, 3.8) is 0 Å². The minimum absolute atomic E-state index is 0.0570. The summed E-state index contributed by atoms with van der Waals surface area (Å²) in [5.74, 6) is 0.142. The Bertz CT molecular complexity index is 673. The average molecular weight is 394 g/mol. The first-order valence-electron chi connectivity index (χ1n) is 9.93. The summed E-state index contributed by atoms with van der Waals surface area (Å²) in [5.41, 5.74) is 0.857. The highest BCUT2D eigenvalue weighted by Gasteiger charge is 2.39. The zero-order valence-electron chi connectivity index (χ0n) is 16.6. The third kappa shape index (κ3) is 5.30. The molecule has 9 nitrogen and oxygen atoms in total. The van der Waals surface area contributed by atoms with Gasteiger partial charge in [-0.25, -0.2) is 0 Å². The van der Waals surface area contributed by atoms with Gasteiger partial charge in [-0.3, -0.25) is 14.5 Å². The van der Waals surface area contributed by atoms with Crippen LogP contribution in [0.3, 0.4) is 0 Å². The average Bonchev–Trinajstić information content (AvgIpc) is 3.28. The van der Waals surface area contributed by atoms with Crippen LogP contribution in [0.4, 0.5) is 0 Å². The number of nitrogens with one attached hydrogen (secondary N) is 1. The monoisotopic (exact) mass is 394 g/mol. The van der Waals surface area contributed by atoms with Gasteiger partial charge in [0.2, 0.25) is 11.8 Å². The van der Waals surface area contributed by atoms with Gasteiger partial charge in [-0.15, -0.1) is 0 Å². The Morgan fingerprint density at radius 2 is 2.11 bits per heavy atom. The lowest BCUT2D eigenvalue weighted by Gasteiger charge is -2.27. The largest absolute Gasteiger partial charge is 0.391 e. The number of rotatable bonds is 7. The standard InChI is InChI=1S/C19H30N4O5/c1-3-14-10-15(28-21-14)11-22(2)19(26)13-8-16(17(24)9-13)20-18(25)12-23-4-6-27-7-5-23/h10,13,16-17,24H,3-9,11-12H2,1-2H3,(H,20,25)/t13-,16-,17-/m0/s1. The number of aliphatic hydroxyl groups excluding tert-OH is 1. The number of carbonyl (C=O) groups is 2. The van der Waals surface area contributed by atoms with Crippen LogP contribution in [0.5, 0.6) is 0 Å². The minimum Gasteiger partial charge on any atom is -0.391 e. The first-order valence-corrected chi connectivity index (χ1v) is 9.93. The van der Waals surface area contributed by atoms with E-state index in [1.165, 1.54) is 0 Å². The number of amides is 2. The van der Waals surface area contributed by atoms with Crippen LogP contribution in [0.2, 0.25) is 0 Å². The molecule has 3 atom stereocenters. The summed E-state index contributed by atoms with van der Waals surface area (Å²) in [4.78, 5) is 28.6. The molecule has 0 unspecified atom stereocenters. The van der Waals surface area contributed by atoms with E-state index >= 15 is 0 Å². The number of aromatic nitrogens is 1. The fourth-order valence-electron chi connectivity index (χ4n) is 3.81. The van der Waals surface area contributed by atoms with E-state index in [9.17, 15) is 14.7 Å². The van der Waals surface area contributed by atoms with Gasteiger partial charge < -0.3 is 24.6 Å². The first-order chi connectivity index (χ1) is 13.5. The van der Waals surface area contributed by atoms with Crippen LogP contribution in [0.25, 0.3) is 0 Å². The summed E-state index contributed by atoms with van der Waals surface area (Å²) in [7, 11) is 1.72. The van der Waals surface area contributed by atoms with E-state index in [0.717, 1.165) is 25.2 Å². The van der Waals surface area contributed by atoms with Crippen LogP contribution >= 0.6 is 0 Å². The number of morpholine rings is 1. The van der Waals surface area contributed by atoms with Gasteiger partial charge in [-0.2, -0.15) is 0 Å². The van der Waals surface area contributed by atoms with E-state index in [4.69, 9.17) is 9.26 Å². The van der Waals surface area contributed by atoms with E-state index in [2.05, 4.69) is 10.5 Å². The van der Waals surface area contributed by atoms with Gasteiger partial charge in [-0.1, -0.05) is 12.1 Å². The molecule has 0 spiro atoms. The van der Waals surface area contributed by atoms with Gasteiger partial charge in [-0.05, 0) is 19.3 Å². The number of aliphatic hydroxyl groups is 1. The van der Waals surface area contributed by atoms with Gasteiger partial charge in [0.1, 0.15) is 0 Å². The van der Waals surface area contributed by atoms with Crippen molar-refractivity contribution in [1.82, 2.24) is 20.3 Å². The lowest BCUT2D eigenvalue weighted by Crippen LogP contribution is -2.47. The predicted octanol–water partition coefficient (Wildman–Crippen LogP) is -0.217. The maximum atomic E-state index is 12.7. The highest BCUT2D eigenvalue weighted by molar-refractivity contribution is 5.80. The van der Waals surface area contributed by atoms with Crippen molar-refractivity contribution in [1.29, 1.82) is 0 Å². The second-order valence-corrected chi connectivity index (χ2v) is 7.63. The number of hydrogen-bond acceptors (Lipinski definition) is 7. The molecule has 1 aromatic heterocycles. The first kappa shape index (κ1) is 20.8. The summed E-state index contributed by atoms with van der Waals surface area (Å²) < 4.78 is 10.5. The Kier molecular flexibility index (Phi) is 7.03. The Hall–Kier alpha value is -1.97. The third-order valence-corrected chi connectivity index (χ3v) is 5.43. The van der Waals surface area contributed by atoms with Crippen LogP contribution in [-0.4, -0.2) is 83.9 Å². The normalized spacial score (nSPS) is 25.6. The van der Waals surface area contributed by atoms with Crippen molar-refractivity contribution >= 4 is 11.8 Å². The zero-order valence-corrected chi connectivity index (χ0v) is 16.6. The maximum absolute atomic E-state index is 12.7. The van der Waals surface area contributed by atoms with Crippen molar-refractivity contribution in [2.45, 2.75) is 44.9 Å². The van der Waals surface area contributed by atoms with Crippen molar-refractivity contribution < 1.29 is 24.0 Å². The van der Waals surface area contributed by atoms with Crippen molar-refractivity contribution in [2.75, 3.05) is 39.9 Å². The molecule has 2 amide bonds. The summed E-state index contributed by atoms with van der Waals surface area (Å²) in [5, 5.41) is 17.1. The Morgan fingerprint density at radius 3 is 2.79 bits per heavy atom. The highest BCUT2D eigenvalue weighted by atomic mass is 16.5. The molecule has 28 heavy (non-hydrogen) atoms. The third-order valence-electron chi connectivity index (χ3n) is 5.43. The van der Waals surface area contributed by atoms with Crippen molar-refractivity contribution in [3.05, 3.63) is 17.5 Å².